The summed E-state index contributed by atoms with van der Waals surface area (Å²) in [6, 6.07) is 7.12. The molecule has 0 radical (unpaired) electrons. The molecule has 0 saturated carbocycles. The van der Waals surface area contributed by atoms with Crippen LogP contribution in [-0.4, -0.2) is 12.2 Å². The molecule has 2 aromatic rings. The zero-order chi connectivity index (χ0) is 14.7. The van der Waals surface area contributed by atoms with Crippen LogP contribution in [0.5, 0.6) is 11.5 Å². The number of hydrogen-bond donors (Lipinski definition) is 2. The predicted octanol–water partition coefficient (Wildman–Crippen LogP) is 3.94. The Hall–Kier alpha value is -2.01. The van der Waals surface area contributed by atoms with Crippen molar-refractivity contribution in [1.82, 2.24) is 0 Å². The summed E-state index contributed by atoms with van der Waals surface area (Å²) in [5, 5.41) is 12.5. The van der Waals surface area contributed by atoms with Crippen LogP contribution in [0.4, 0.5) is 14.5 Å². The summed E-state index contributed by atoms with van der Waals surface area (Å²) >= 11 is 5.88. The van der Waals surface area contributed by atoms with Gasteiger partial charge in [0.15, 0.2) is 17.4 Å². The van der Waals surface area contributed by atoms with E-state index in [0.717, 1.165) is 12.1 Å². The summed E-state index contributed by atoms with van der Waals surface area (Å²) in [4.78, 5) is 0. The molecule has 0 aliphatic rings. The van der Waals surface area contributed by atoms with Gasteiger partial charge in [0.1, 0.15) is 5.75 Å². The maximum absolute atomic E-state index is 13.2. The third kappa shape index (κ3) is 3.11. The van der Waals surface area contributed by atoms with E-state index in [9.17, 15) is 8.78 Å². The number of nitrogens with one attached hydrogen (secondary N) is 1. The summed E-state index contributed by atoms with van der Waals surface area (Å²) in [7, 11) is 1.51. The highest BCUT2D eigenvalue weighted by molar-refractivity contribution is 6.30. The number of phenolic OH excluding ortho intramolecular Hbond substituents is 1. The number of benzene rings is 2. The van der Waals surface area contributed by atoms with Crippen LogP contribution in [0.15, 0.2) is 30.3 Å². The predicted molar refractivity (Wildman–Crippen MR) is 73.4 cm³/mol. The van der Waals surface area contributed by atoms with E-state index in [-0.39, 0.29) is 6.54 Å². The fourth-order valence-corrected chi connectivity index (χ4v) is 1.91. The summed E-state index contributed by atoms with van der Waals surface area (Å²) in [5.41, 5.74) is 0.953. The average Bonchev–Trinajstić information content (AvgIpc) is 2.42. The van der Waals surface area contributed by atoms with Gasteiger partial charge >= 0.3 is 0 Å². The maximum atomic E-state index is 13.2. The molecule has 106 valence electrons. The van der Waals surface area contributed by atoms with Crippen LogP contribution in [0.2, 0.25) is 5.02 Å². The van der Waals surface area contributed by atoms with E-state index in [1.807, 2.05) is 0 Å². The minimum atomic E-state index is -1.00. The smallest absolute Gasteiger partial charge is 0.187 e. The molecule has 2 N–H and O–H groups in total. The third-order valence-electron chi connectivity index (χ3n) is 2.72. The van der Waals surface area contributed by atoms with Gasteiger partial charge in [0.2, 0.25) is 0 Å². The van der Waals surface area contributed by atoms with E-state index in [4.69, 9.17) is 21.4 Å². The van der Waals surface area contributed by atoms with E-state index in [0.29, 0.717) is 22.0 Å². The van der Waals surface area contributed by atoms with Crippen molar-refractivity contribution in [3.8, 4) is 11.5 Å². The van der Waals surface area contributed by atoms with Gasteiger partial charge in [0.05, 0.1) is 12.8 Å². The third-order valence-corrected chi connectivity index (χ3v) is 2.96. The monoisotopic (exact) mass is 299 g/mol. The molecule has 0 aliphatic carbocycles. The molecule has 0 aromatic heterocycles. The fraction of sp³-hybridized carbons (Fsp3) is 0.143. The van der Waals surface area contributed by atoms with Crippen molar-refractivity contribution in [3.63, 3.8) is 0 Å². The molecule has 0 heterocycles. The molecular formula is C14H12ClF2NO2. The van der Waals surface area contributed by atoms with Gasteiger partial charge < -0.3 is 15.2 Å². The Bertz CT molecular complexity index is 612. The van der Waals surface area contributed by atoms with Crippen LogP contribution in [-0.2, 0) is 6.54 Å². The Morgan fingerprint density at radius 1 is 1.20 bits per heavy atom. The summed E-state index contributed by atoms with van der Waals surface area (Å²) in [6.07, 6.45) is 0. The van der Waals surface area contributed by atoms with Crippen LogP contribution < -0.4 is 10.1 Å². The first-order chi connectivity index (χ1) is 9.51. The Morgan fingerprint density at radius 3 is 2.45 bits per heavy atom. The molecule has 0 fully saturated rings. The van der Waals surface area contributed by atoms with Crippen molar-refractivity contribution in [2.45, 2.75) is 6.54 Å². The summed E-state index contributed by atoms with van der Waals surface area (Å²) < 4.78 is 31.6. The van der Waals surface area contributed by atoms with Crippen molar-refractivity contribution in [2.24, 2.45) is 0 Å². The fourth-order valence-electron chi connectivity index (χ4n) is 1.74. The zero-order valence-electron chi connectivity index (χ0n) is 10.6. The van der Waals surface area contributed by atoms with Crippen molar-refractivity contribution < 1.29 is 18.6 Å². The highest BCUT2D eigenvalue weighted by Crippen LogP contribution is 2.28. The molecule has 0 amide bonds. The highest BCUT2D eigenvalue weighted by atomic mass is 35.5. The number of halogens is 3. The lowest BCUT2D eigenvalue weighted by Crippen LogP contribution is -2.02. The second kappa shape index (κ2) is 5.96. The second-order valence-corrected chi connectivity index (χ2v) is 4.54. The SMILES string of the molecule is COc1ccc(Cl)cc1NCc1cc(F)c(O)c(F)c1. The van der Waals surface area contributed by atoms with Crippen LogP contribution in [0.3, 0.4) is 0 Å². The molecule has 0 bridgehead atoms. The Balaban J connectivity index is 2.18. The second-order valence-electron chi connectivity index (χ2n) is 4.11. The topological polar surface area (TPSA) is 41.5 Å². The van der Waals surface area contributed by atoms with Gasteiger partial charge in [-0.1, -0.05) is 11.6 Å². The Kier molecular flexibility index (Phi) is 4.29. The van der Waals surface area contributed by atoms with Gasteiger partial charge in [-0.2, -0.15) is 0 Å². The minimum absolute atomic E-state index is 0.158. The van der Waals surface area contributed by atoms with E-state index < -0.39 is 17.4 Å². The Labute approximate surface area is 119 Å². The molecular weight excluding hydrogens is 288 g/mol. The first-order valence-corrected chi connectivity index (χ1v) is 6.13. The first kappa shape index (κ1) is 14.4. The number of aromatic hydroxyl groups is 1. The van der Waals surface area contributed by atoms with Crippen molar-refractivity contribution in [2.75, 3.05) is 12.4 Å². The molecule has 2 rings (SSSR count). The first-order valence-electron chi connectivity index (χ1n) is 5.75. The Morgan fingerprint density at radius 2 is 1.85 bits per heavy atom. The van der Waals surface area contributed by atoms with Gasteiger partial charge in [0.25, 0.3) is 0 Å². The maximum Gasteiger partial charge on any atom is 0.187 e. The standard InChI is InChI=1S/C14H12ClF2NO2/c1-20-13-3-2-9(15)6-12(13)18-7-8-4-10(16)14(19)11(17)5-8/h2-6,18-19H,7H2,1H3. The molecule has 0 aliphatic heterocycles. The molecule has 2 aromatic carbocycles. The highest BCUT2D eigenvalue weighted by Gasteiger charge is 2.10. The van der Waals surface area contributed by atoms with Gasteiger partial charge in [-0.15, -0.1) is 0 Å². The number of phenols is 1. The summed E-state index contributed by atoms with van der Waals surface area (Å²) in [5.74, 6) is -2.41. The quantitative estimate of drug-likeness (QED) is 0.898. The molecule has 6 heteroatoms. The van der Waals surface area contributed by atoms with Crippen LogP contribution in [0.1, 0.15) is 5.56 Å². The van der Waals surface area contributed by atoms with Gasteiger partial charge in [0, 0.05) is 11.6 Å². The normalized spacial score (nSPS) is 10.4. The largest absolute Gasteiger partial charge is 0.503 e. The van der Waals surface area contributed by atoms with Gasteiger partial charge in [-0.25, -0.2) is 8.78 Å². The van der Waals surface area contributed by atoms with E-state index in [1.165, 1.54) is 7.11 Å². The van der Waals surface area contributed by atoms with E-state index in [1.54, 1.807) is 18.2 Å². The van der Waals surface area contributed by atoms with Crippen LogP contribution in [0, 0.1) is 11.6 Å². The number of rotatable bonds is 4. The molecule has 0 saturated heterocycles. The average molecular weight is 300 g/mol. The molecule has 0 unspecified atom stereocenters. The van der Waals surface area contributed by atoms with Gasteiger partial charge in [-0.3, -0.25) is 0 Å². The van der Waals surface area contributed by atoms with E-state index >= 15 is 0 Å². The van der Waals surface area contributed by atoms with Crippen LogP contribution in [0.25, 0.3) is 0 Å². The summed E-state index contributed by atoms with van der Waals surface area (Å²) in [6.45, 7) is 0.158. The number of methoxy groups -OCH3 is 1. The molecule has 3 nitrogen and oxygen atoms in total. The van der Waals surface area contributed by atoms with Crippen molar-refractivity contribution in [3.05, 3.63) is 52.6 Å². The number of anilines is 1. The molecule has 0 spiro atoms. The lowest BCUT2D eigenvalue weighted by Gasteiger charge is -2.12. The minimum Gasteiger partial charge on any atom is -0.503 e. The molecule has 20 heavy (non-hydrogen) atoms. The van der Waals surface area contributed by atoms with Gasteiger partial charge in [-0.05, 0) is 35.9 Å². The van der Waals surface area contributed by atoms with Crippen molar-refractivity contribution >= 4 is 17.3 Å². The number of hydrogen-bond acceptors (Lipinski definition) is 3. The lowest BCUT2D eigenvalue weighted by atomic mass is 10.2. The zero-order valence-corrected chi connectivity index (χ0v) is 11.3. The number of ether oxygens (including phenoxy) is 1. The van der Waals surface area contributed by atoms with E-state index in [2.05, 4.69) is 5.32 Å². The van der Waals surface area contributed by atoms with Crippen LogP contribution >= 0.6 is 11.6 Å². The molecule has 0 atom stereocenters. The van der Waals surface area contributed by atoms with Crippen molar-refractivity contribution in [1.29, 1.82) is 0 Å². The lowest BCUT2D eigenvalue weighted by molar-refractivity contribution is 0.395.